The molecule has 1 aliphatic heterocycles. The zero-order valence-corrected chi connectivity index (χ0v) is 19.1. The van der Waals surface area contributed by atoms with Gasteiger partial charge in [-0.25, -0.2) is 4.79 Å². The molecule has 11 heteroatoms. The molecular weight excluding hydrogens is 458 g/mol. The van der Waals surface area contributed by atoms with E-state index in [4.69, 9.17) is 9.26 Å². The smallest absolute Gasteiger partial charge is 0.410 e. The Hall–Kier alpha value is -3.86. The lowest BCUT2D eigenvalue weighted by molar-refractivity contribution is -0.759. The first-order valence-corrected chi connectivity index (χ1v) is 11.7. The van der Waals surface area contributed by atoms with Crippen molar-refractivity contribution in [3.63, 3.8) is 0 Å². The maximum absolute atomic E-state index is 12.3. The summed E-state index contributed by atoms with van der Waals surface area (Å²) in [6.45, 7) is 2.20. The lowest BCUT2D eigenvalue weighted by Gasteiger charge is -2.29. The van der Waals surface area contributed by atoms with Gasteiger partial charge in [-0.15, -0.1) is 5.01 Å². The Morgan fingerprint density at radius 1 is 1.00 bits per heavy atom. The molecule has 0 aliphatic carbocycles. The van der Waals surface area contributed by atoms with E-state index in [-0.39, 0.29) is 35.4 Å². The Kier molecular flexibility index (Phi) is 7.76. The molecule has 1 N–H and O–H groups in total. The van der Waals surface area contributed by atoms with Crippen LogP contribution in [0.2, 0.25) is 0 Å². The number of hydrogen-bond acceptors (Lipinski definition) is 8. The molecule has 0 unspecified atom stereocenters. The topological polar surface area (TPSA) is 109 Å². The molecule has 0 atom stereocenters. The van der Waals surface area contributed by atoms with Crippen LogP contribution in [0.5, 0.6) is 0 Å². The minimum Gasteiger partial charge on any atom is -0.445 e. The lowest BCUT2D eigenvalue weighted by Crippen LogP contribution is -2.65. The molecule has 176 valence electrons. The number of nitrogens with zero attached hydrogens (tertiary/aromatic N) is 4. The van der Waals surface area contributed by atoms with Gasteiger partial charge in [0.15, 0.2) is 0 Å². The van der Waals surface area contributed by atoms with Gasteiger partial charge in [0.25, 0.3) is 6.20 Å². The minimum atomic E-state index is -0.372. The van der Waals surface area contributed by atoms with Crippen LogP contribution in [0.4, 0.5) is 10.7 Å². The molecule has 3 aromatic rings. The summed E-state index contributed by atoms with van der Waals surface area (Å²) >= 11 is 0.918. The van der Waals surface area contributed by atoms with Crippen molar-refractivity contribution < 1.29 is 28.4 Å². The van der Waals surface area contributed by atoms with Gasteiger partial charge in [-0.05, 0) is 5.56 Å². The fourth-order valence-corrected chi connectivity index (χ4v) is 3.92. The first kappa shape index (κ1) is 23.3. The van der Waals surface area contributed by atoms with Crippen molar-refractivity contribution in [1.82, 2.24) is 10.2 Å². The number of carbonyl (C=O) groups is 3. The highest BCUT2D eigenvalue weighted by molar-refractivity contribution is 8.14. The van der Waals surface area contributed by atoms with Gasteiger partial charge in [-0.3, -0.25) is 19.4 Å². The van der Waals surface area contributed by atoms with E-state index in [2.05, 4.69) is 10.6 Å². The molecule has 10 nitrogen and oxygen atoms in total. The van der Waals surface area contributed by atoms with E-state index in [1.54, 1.807) is 35.4 Å². The summed E-state index contributed by atoms with van der Waals surface area (Å²) in [5.74, 6) is -0.246. The highest BCUT2D eigenvalue weighted by Crippen LogP contribution is 2.13. The molecule has 0 saturated carbocycles. The van der Waals surface area contributed by atoms with E-state index in [0.29, 0.717) is 31.7 Å². The molecule has 0 radical (unpaired) electrons. The van der Waals surface area contributed by atoms with Gasteiger partial charge in [0.05, 0.1) is 23.6 Å². The quantitative estimate of drug-likeness (QED) is 0.510. The summed E-state index contributed by atoms with van der Waals surface area (Å²) < 4.78 is 10.6. The molecule has 1 fully saturated rings. The number of hydrogen-bond donors (Lipinski definition) is 1. The molecule has 2 amide bonds. The molecule has 1 aliphatic rings. The third-order valence-corrected chi connectivity index (χ3v) is 5.98. The summed E-state index contributed by atoms with van der Waals surface area (Å²) in [6, 6.07) is 18.3. The van der Waals surface area contributed by atoms with Crippen LogP contribution in [0.3, 0.4) is 0 Å². The van der Waals surface area contributed by atoms with E-state index >= 15 is 0 Å². The minimum absolute atomic E-state index is 0.0435. The maximum atomic E-state index is 12.3. The number of rotatable bonds is 7. The van der Waals surface area contributed by atoms with Crippen LogP contribution < -0.4 is 15.1 Å². The van der Waals surface area contributed by atoms with Crippen molar-refractivity contribution in [3.8, 4) is 0 Å². The van der Waals surface area contributed by atoms with Gasteiger partial charge < -0.3 is 9.64 Å². The predicted octanol–water partition coefficient (Wildman–Crippen LogP) is 2.06. The second kappa shape index (κ2) is 11.3. The second-order valence-electron chi connectivity index (χ2n) is 7.46. The number of nitrogens with one attached hydrogen (secondary N) is 1. The third kappa shape index (κ3) is 6.35. The van der Waals surface area contributed by atoms with E-state index in [0.717, 1.165) is 17.3 Å². The molecule has 1 aromatic heterocycles. The SMILES string of the molecule is O=C(CSC(=O)c1ccccc1)Nc1c[n+](N2CCN(C(=O)OCc3ccccc3)CC2)no1. The van der Waals surface area contributed by atoms with Crippen molar-refractivity contribution >= 4 is 34.8 Å². The van der Waals surface area contributed by atoms with E-state index in [1.165, 1.54) is 4.79 Å². The summed E-state index contributed by atoms with van der Waals surface area (Å²) in [6.07, 6.45) is 1.19. The predicted molar refractivity (Wildman–Crippen MR) is 125 cm³/mol. The molecule has 34 heavy (non-hydrogen) atoms. The molecular formula is C23H24N5O5S+. The maximum Gasteiger partial charge on any atom is 0.410 e. The fraction of sp³-hybridized carbons (Fsp3) is 0.261. The average molecular weight is 483 g/mol. The summed E-state index contributed by atoms with van der Waals surface area (Å²) in [5, 5.41) is 8.23. The van der Waals surface area contributed by atoms with Crippen molar-refractivity contribution in [2.24, 2.45) is 0 Å². The Morgan fingerprint density at radius 2 is 1.68 bits per heavy atom. The first-order chi connectivity index (χ1) is 16.6. The Morgan fingerprint density at radius 3 is 2.38 bits per heavy atom. The zero-order chi connectivity index (χ0) is 23.8. The Balaban J connectivity index is 1.19. The number of aromatic nitrogens is 2. The summed E-state index contributed by atoms with van der Waals surface area (Å²) in [7, 11) is 0. The van der Waals surface area contributed by atoms with Crippen LogP contribution >= 0.6 is 11.8 Å². The summed E-state index contributed by atoms with van der Waals surface area (Å²) in [5.41, 5.74) is 1.48. The molecule has 0 spiro atoms. The first-order valence-electron chi connectivity index (χ1n) is 10.7. The Bertz CT molecular complexity index is 1120. The van der Waals surface area contributed by atoms with Crippen LogP contribution in [0.15, 0.2) is 71.4 Å². The number of amides is 2. The monoisotopic (exact) mass is 482 g/mol. The lowest BCUT2D eigenvalue weighted by atomic mass is 10.2. The van der Waals surface area contributed by atoms with Gasteiger partial charge >= 0.3 is 12.0 Å². The van der Waals surface area contributed by atoms with Gasteiger partial charge in [-0.2, -0.15) is 0 Å². The third-order valence-electron chi connectivity index (χ3n) is 5.07. The van der Waals surface area contributed by atoms with Crippen molar-refractivity contribution in [2.45, 2.75) is 6.61 Å². The van der Waals surface area contributed by atoms with Gasteiger partial charge in [0, 0.05) is 18.7 Å². The number of anilines is 1. The number of benzene rings is 2. The van der Waals surface area contributed by atoms with Gasteiger partial charge in [0.2, 0.25) is 16.3 Å². The molecule has 2 heterocycles. The molecule has 4 rings (SSSR count). The highest BCUT2D eigenvalue weighted by atomic mass is 32.2. The number of thioether (sulfide) groups is 1. The second-order valence-corrected chi connectivity index (χ2v) is 8.41. The number of piperazine rings is 1. The Labute approximate surface area is 200 Å². The van der Waals surface area contributed by atoms with Crippen molar-refractivity contribution in [2.75, 3.05) is 42.3 Å². The number of ether oxygens (including phenoxy) is 1. The van der Waals surface area contributed by atoms with Gasteiger partial charge in [0.1, 0.15) is 6.61 Å². The zero-order valence-electron chi connectivity index (χ0n) is 18.3. The van der Waals surface area contributed by atoms with Crippen molar-refractivity contribution in [3.05, 3.63) is 78.0 Å². The molecule has 2 aromatic carbocycles. The normalized spacial score (nSPS) is 13.4. The van der Waals surface area contributed by atoms with E-state index < -0.39 is 0 Å². The van der Waals surface area contributed by atoms with Gasteiger partial charge in [-0.1, -0.05) is 72.4 Å². The largest absolute Gasteiger partial charge is 0.445 e. The van der Waals surface area contributed by atoms with Crippen LogP contribution in [-0.4, -0.2) is 59.2 Å². The highest BCUT2D eigenvalue weighted by Gasteiger charge is 2.29. The van der Waals surface area contributed by atoms with Crippen LogP contribution in [-0.2, 0) is 16.1 Å². The fourth-order valence-electron chi connectivity index (χ4n) is 3.28. The van der Waals surface area contributed by atoms with Crippen molar-refractivity contribution in [1.29, 1.82) is 0 Å². The molecule has 0 bridgehead atoms. The standard InChI is InChI=1S/C23H23N5O5S/c29-20(17-34-22(30)19-9-5-2-6-10-19)24-21-15-28(25-33-21)27-13-11-26(12-14-27)23(31)32-16-18-7-3-1-4-8-18/h1-10,15H,11-14,16-17H2/p+1. The summed E-state index contributed by atoms with van der Waals surface area (Å²) in [4.78, 5) is 39.7. The average Bonchev–Trinajstić information content (AvgIpc) is 3.35. The van der Waals surface area contributed by atoms with E-state index in [9.17, 15) is 14.4 Å². The van der Waals surface area contributed by atoms with E-state index in [1.807, 2.05) is 41.4 Å². The number of carbonyl (C=O) groups excluding carboxylic acids is 3. The van der Waals surface area contributed by atoms with Crippen LogP contribution in [0.1, 0.15) is 15.9 Å². The van der Waals surface area contributed by atoms with Crippen LogP contribution in [0.25, 0.3) is 0 Å². The molecule has 1 saturated heterocycles. The van der Waals surface area contributed by atoms with Crippen LogP contribution in [0, 0.1) is 0 Å².